The third-order valence-corrected chi connectivity index (χ3v) is 7.42. The van der Waals surface area contributed by atoms with Gasteiger partial charge in [-0.3, -0.25) is 14.5 Å². The minimum absolute atomic E-state index is 0.0123. The molecule has 8 nitrogen and oxygen atoms in total. The van der Waals surface area contributed by atoms with E-state index in [1.165, 1.54) is 36.6 Å². The summed E-state index contributed by atoms with van der Waals surface area (Å²) in [7, 11) is 0. The van der Waals surface area contributed by atoms with E-state index in [0.29, 0.717) is 76.0 Å². The summed E-state index contributed by atoms with van der Waals surface area (Å²) in [4.78, 5) is 35.7. The van der Waals surface area contributed by atoms with Crippen LogP contribution in [0, 0.1) is 5.82 Å². The van der Waals surface area contributed by atoms with Gasteiger partial charge >= 0.3 is 6.18 Å². The quantitative estimate of drug-likeness (QED) is 0.395. The lowest BCUT2D eigenvalue weighted by molar-refractivity contribution is -0.137. The first-order valence-corrected chi connectivity index (χ1v) is 13.4. The Morgan fingerprint density at radius 3 is 2.27 bits per heavy atom. The zero-order valence-corrected chi connectivity index (χ0v) is 22.3. The third-order valence-electron chi connectivity index (χ3n) is 7.42. The molecule has 0 aliphatic carbocycles. The van der Waals surface area contributed by atoms with Gasteiger partial charge in [-0.1, -0.05) is 24.3 Å². The predicted octanol–water partition coefficient (Wildman–Crippen LogP) is 4.17. The van der Waals surface area contributed by atoms with Gasteiger partial charge in [-0.05, 0) is 35.4 Å². The van der Waals surface area contributed by atoms with Crippen LogP contribution in [0.4, 0.5) is 17.6 Å². The summed E-state index contributed by atoms with van der Waals surface area (Å²) in [6.45, 7) is 4.35. The molecule has 0 spiro atoms. The van der Waals surface area contributed by atoms with Gasteiger partial charge in [0.25, 0.3) is 5.91 Å². The number of halogens is 4. The van der Waals surface area contributed by atoms with Gasteiger partial charge in [-0.25, -0.2) is 9.37 Å². The van der Waals surface area contributed by atoms with Crippen LogP contribution in [0.15, 0.2) is 59.2 Å². The van der Waals surface area contributed by atoms with E-state index in [9.17, 15) is 27.2 Å². The van der Waals surface area contributed by atoms with E-state index < -0.39 is 23.5 Å². The lowest BCUT2D eigenvalue weighted by Gasteiger charge is -2.35. The number of oxazole rings is 1. The van der Waals surface area contributed by atoms with Crippen LogP contribution < -0.4 is 0 Å². The highest BCUT2D eigenvalue weighted by molar-refractivity contribution is 5.92. The molecule has 0 radical (unpaired) electrons. The Morgan fingerprint density at radius 1 is 0.902 bits per heavy atom. The Balaban J connectivity index is 1.19. The molecular weight excluding hydrogens is 544 g/mol. The molecule has 12 heteroatoms. The van der Waals surface area contributed by atoms with E-state index in [0.717, 1.165) is 12.1 Å². The number of piperazine rings is 1. The van der Waals surface area contributed by atoms with Crippen LogP contribution in [0.3, 0.4) is 0 Å². The molecule has 0 saturated carbocycles. The van der Waals surface area contributed by atoms with Crippen molar-refractivity contribution in [1.29, 1.82) is 0 Å². The number of morpholine rings is 1. The second kappa shape index (κ2) is 12.4. The van der Waals surface area contributed by atoms with Crippen molar-refractivity contribution < 1.29 is 36.3 Å². The fraction of sp³-hybridized carbons (Fsp3) is 0.414. The van der Waals surface area contributed by atoms with Crippen molar-refractivity contribution >= 4 is 11.8 Å². The average molecular weight is 575 g/mol. The van der Waals surface area contributed by atoms with Crippen molar-refractivity contribution in [3.63, 3.8) is 0 Å². The Hall–Kier alpha value is -3.77. The molecule has 218 valence electrons. The van der Waals surface area contributed by atoms with Crippen LogP contribution in [0.5, 0.6) is 0 Å². The zero-order valence-electron chi connectivity index (χ0n) is 22.3. The Morgan fingerprint density at radius 2 is 1.61 bits per heavy atom. The molecule has 3 heterocycles. The van der Waals surface area contributed by atoms with Gasteiger partial charge in [0.2, 0.25) is 11.8 Å². The predicted molar refractivity (Wildman–Crippen MR) is 139 cm³/mol. The number of hydrogen-bond acceptors (Lipinski definition) is 6. The number of amides is 2. The van der Waals surface area contributed by atoms with E-state index >= 15 is 0 Å². The van der Waals surface area contributed by atoms with Gasteiger partial charge in [0.1, 0.15) is 12.1 Å². The molecule has 0 bridgehead atoms. The van der Waals surface area contributed by atoms with Crippen LogP contribution in [-0.2, 0) is 22.3 Å². The first-order chi connectivity index (χ1) is 19.7. The minimum atomic E-state index is -4.48. The number of nitrogens with zero attached hydrogens (tertiary/aromatic N) is 4. The van der Waals surface area contributed by atoms with E-state index in [1.54, 1.807) is 15.9 Å². The highest BCUT2D eigenvalue weighted by Crippen LogP contribution is 2.33. The number of rotatable bonds is 7. The van der Waals surface area contributed by atoms with Crippen LogP contribution in [0.1, 0.15) is 45.4 Å². The molecule has 2 saturated heterocycles. The molecule has 2 amide bonds. The maximum atomic E-state index is 14.0. The largest absolute Gasteiger partial charge is 0.447 e. The van der Waals surface area contributed by atoms with Crippen molar-refractivity contribution in [2.75, 3.05) is 52.5 Å². The van der Waals surface area contributed by atoms with Crippen LogP contribution >= 0.6 is 0 Å². The molecule has 1 aromatic heterocycles. The van der Waals surface area contributed by atoms with Crippen molar-refractivity contribution in [3.05, 3.63) is 88.9 Å². The molecule has 41 heavy (non-hydrogen) atoms. The Bertz CT molecular complexity index is 1350. The standard InChI is InChI=1S/C29H30F4N4O4/c30-23-3-1-2-21(16-23)24(20-4-6-22(7-5-20)29(31,32)33)17-27(38)36-10-8-35(9-11-36)18-26-34-25(19-41-26)28(39)37-12-14-40-15-13-37/h1-7,16,19,24H,8-15,17-18H2. The number of ether oxygens (including phenoxy) is 1. The molecule has 2 aliphatic rings. The number of carbonyl (C=O) groups is 2. The topological polar surface area (TPSA) is 79.1 Å². The fourth-order valence-corrected chi connectivity index (χ4v) is 5.12. The van der Waals surface area contributed by atoms with Gasteiger partial charge in [-0.2, -0.15) is 13.2 Å². The van der Waals surface area contributed by atoms with Gasteiger partial charge < -0.3 is 19.0 Å². The molecule has 1 atom stereocenters. The zero-order chi connectivity index (χ0) is 29.0. The van der Waals surface area contributed by atoms with Gasteiger partial charge in [0, 0.05) is 51.6 Å². The number of benzene rings is 2. The van der Waals surface area contributed by atoms with Crippen molar-refractivity contribution in [3.8, 4) is 0 Å². The van der Waals surface area contributed by atoms with Crippen LogP contribution in [-0.4, -0.2) is 84.0 Å². The van der Waals surface area contributed by atoms with Crippen molar-refractivity contribution in [2.24, 2.45) is 0 Å². The lowest BCUT2D eigenvalue weighted by atomic mass is 9.87. The van der Waals surface area contributed by atoms with Crippen molar-refractivity contribution in [1.82, 2.24) is 19.7 Å². The summed E-state index contributed by atoms with van der Waals surface area (Å²) in [5.41, 5.74) is 0.484. The molecule has 0 N–H and O–H groups in total. The summed E-state index contributed by atoms with van der Waals surface area (Å²) >= 11 is 0. The second-order valence-corrected chi connectivity index (χ2v) is 10.1. The first kappa shape index (κ1) is 28.7. The first-order valence-electron chi connectivity index (χ1n) is 13.4. The SMILES string of the molecule is O=C(CC(c1ccc(C(F)(F)F)cc1)c1cccc(F)c1)N1CCN(Cc2nc(C(=O)N3CCOCC3)co2)CC1. The Labute approximate surface area is 234 Å². The number of carbonyl (C=O) groups excluding carboxylic acids is 2. The van der Waals surface area contributed by atoms with Gasteiger partial charge in [-0.15, -0.1) is 0 Å². The number of hydrogen-bond donors (Lipinski definition) is 0. The molecular formula is C29H30F4N4O4. The molecule has 2 aromatic carbocycles. The molecule has 3 aromatic rings. The van der Waals surface area contributed by atoms with Crippen molar-refractivity contribution in [2.45, 2.75) is 25.1 Å². The Kier molecular flexibility index (Phi) is 8.69. The maximum Gasteiger partial charge on any atom is 0.416 e. The summed E-state index contributed by atoms with van der Waals surface area (Å²) < 4.78 is 64.1. The van der Waals surface area contributed by atoms with Gasteiger partial charge in [0.05, 0.1) is 25.3 Å². The molecule has 1 unspecified atom stereocenters. The normalized spacial score (nSPS) is 17.5. The van der Waals surface area contributed by atoms with Gasteiger partial charge in [0.15, 0.2) is 5.69 Å². The average Bonchev–Trinajstić information content (AvgIpc) is 3.44. The van der Waals surface area contributed by atoms with E-state index in [1.807, 2.05) is 0 Å². The highest BCUT2D eigenvalue weighted by atomic mass is 19.4. The monoisotopic (exact) mass is 574 g/mol. The highest BCUT2D eigenvalue weighted by Gasteiger charge is 2.31. The smallest absolute Gasteiger partial charge is 0.416 e. The van der Waals surface area contributed by atoms with E-state index in [4.69, 9.17) is 9.15 Å². The number of aromatic nitrogens is 1. The summed E-state index contributed by atoms with van der Waals surface area (Å²) in [5, 5.41) is 0. The van der Waals surface area contributed by atoms with Crippen LogP contribution in [0.2, 0.25) is 0 Å². The summed E-state index contributed by atoms with van der Waals surface area (Å²) in [5.74, 6) is -1.04. The number of alkyl halides is 3. The van der Waals surface area contributed by atoms with E-state index in [2.05, 4.69) is 9.88 Å². The van der Waals surface area contributed by atoms with Crippen LogP contribution in [0.25, 0.3) is 0 Å². The summed E-state index contributed by atoms with van der Waals surface area (Å²) in [6.07, 6.45) is -3.13. The molecule has 2 aliphatic heterocycles. The van der Waals surface area contributed by atoms with E-state index in [-0.39, 0.29) is 23.9 Å². The molecule has 2 fully saturated rings. The lowest BCUT2D eigenvalue weighted by Crippen LogP contribution is -2.48. The molecule has 5 rings (SSSR count). The fourth-order valence-electron chi connectivity index (χ4n) is 5.12. The third kappa shape index (κ3) is 7.12. The maximum absolute atomic E-state index is 14.0. The minimum Gasteiger partial charge on any atom is -0.447 e. The summed E-state index contributed by atoms with van der Waals surface area (Å²) in [6, 6.07) is 10.4. The second-order valence-electron chi connectivity index (χ2n) is 10.1.